The quantitative estimate of drug-likeness (QED) is 0.704. The van der Waals surface area contributed by atoms with Crippen LogP contribution in [0.15, 0.2) is 58.4 Å². The zero-order valence-electron chi connectivity index (χ0n) is 12.8. The summed E-state index contributed by atoms with van der Waals surface area (Å²) in [5.74, 6) is 1.35. The van der Waals surface area contributed by atoms with Crippen molar-refractivity contribution in [3.63, 3.8) is 0 Å². The summed E-state index contributed by atoms with van der Waals surface area (Å²) in [7, 11) is 0. The van der Waals surface area contributed by atoms with Crippen molar-refractivity contribution in [1.82, 2.24) is 10.5 Å². The molecule has 1 aromatic carbocycles. The Hall–Kier alpha value is -1.91. The van der Waals surface area contributed by atoms with Crippen molar-refractivity contribution in [2.24, 2.45) is 5.92 Å². The molecule has 0 aliphatic carbocycles. The molecule has 0 aliphatic rings. The molecule has 0 aliphatic heterocycles. The van der Waals surface area contributed by atoms with Crippen LogP contribution in [-0.2, 0) is 6.54 Å². The van der Waals surface area contributed by atoms with Gasteiger partial charge in [0.2, 0.25) is 0 Å². The van der Waals surface area contributed by atoms with Crippen molar-refractivity contribution in [3.05, 3.63) is 65.2 Å². The number of thiophene rings is 1. The van der Waals surface area contributed by atoms with Crippen LogP contribution in [-0.4, -0.2) is 5.16 Å². The van der Waals surface area contributed by atoms with E-state index in [9.17, 15) is 0 Å². The highest BCUT2D eigenvalue weighted by molar-refractivity contribution is 7.13. The van der Waals surface area contributed by atoms with E-state index in [1.165, 1.54) is 5.56 Å². The predicted molar refractivity (Wildman–Crippen MR) is 90.7 cm³/mol. The lowest BCUT2D eigenvalue weighted by molar-refractivity contribution is 0.388. The lowest BCUT2D eigenvalue weighted by Gasteiger charge is -2.22. The molecule has 0 bridgehead atoms. The Morgan fingerprint density at radius 3 is 2.64 bits per heavy atom. The van der Waals surface area contributed by atoms with Crippen LogP contribution in [0.4, 0.5) is 0 Å². The number of benzene rings is 1. The summed E-state index contributed by atoms with van der Waals surface area (Å²) in [4.78, 5) is 1.11. The molecule has 22 heavy (non-hydrogen) atoms. The average molecular weight is 312 g/mol. The van der Waals surface area contributed by atoms with Crippen molar-refractivity contribution >= 4 is 11.3 Å². The van der Waals surface area contributed by atoms with Crippen molar-refractivity contribution in [3.8, 4) is 10.6 Å². The molecule has 0 amide bonds. The lowest BCUT2D eigenvalue weighted by Crippen LogP contribution is -2.25. The fourth-order valence-electron chi connectivity index (χ4n) is 2.54. The summed E-state index contributed by atoms with van der Waals surface area (Å²) in [6, 6.07) is 16.9. The maximum Gasteiger partial charge on any atom is 0.177 e. The van der Waals surface area contributed by atoms with Gasteiger partial charge in [0, 0.05) is 18.7 Å². The van der Waals surface area contributed by atoms with Crippen LogP contribution in [0.3, 0.4) is 0 Å². The molecular weight excluding hydrogens is 292 g/mol. The van der Waals surface area contributed by atoms with Gasteiger partial charge in [0.05, 0.1) is 10.6 Å². The third-order valence-corrected chi connectivity index (χ3v) is 4.54. The Kier molecular flexibility index (Phi) is 4.71. The smallest absolute Gasteiger partial charge is 0.177 e. The third kappa shape index (κ3) is 3.46. The molecule has 0 saturated heterocycles. The highest BCUT2D eigenvalue weighted by Crippen LogP contribution is 2.26. The molecule has 0 fully saturated rings. The second-order valence-electron chi connectivity index (χ2n) is 5.67. The number of nitrogens with zero attached hydrogens (tertiary/aromatic N) is 1. The number of nitrogens with one attached hydrogen (secondary N) is 1. The summed E-state index contributed by atoms with van der Waals surface area (Å²) >= 11 is 1.66. The zero-order valence-corrected chi connectivity index (χ0v) is 13.6. The molecular formula is C18H20N2OS. The van der Waals surface area contributed by atoms with Gasteiger partial charge in [-0.05, 0) is 22.9 Å². The van der Waals surface area contributed by atoms with Crippen molar-refractivity contribution < 1.29 is 4.52 Å². The highest BCUT2D eigenvalue weighted by Gasteiger charge is 2.16. The molecule has 4 heteroatoms. The van der Waals surface area contributed by atoms with Crippen LogP contribution in [0.1, 0.15) is 31.1 Å². The van der Waals surface area contributed by atoms with Crippen molar-refractivity contribution in [2.45, 2.75) is 26.4 Å². The first-order chi connectivity index (χ1) is 10.7. The first-order valence-corrected chi connectivity index (χ1v) is 8.40. The van der Waals surface area contributed by atoms with Crippen LogP contribution in [0.25, 0.3) is 10.6 Å². The molecule has 0 spiro atoms. The molecule has 114 valence electrons. The van der Waals surface area contributed by atoms with Gasteiger partial charge < -0.3 is 9.84 Å². The Morgan fingerprint density at radius 1 is 1.14 bits per heavy atom. The lowest BCUT2D eigenvalue weighted by atomic mass is 9.96. The van der Waals surface area contributed by atoms with E-state index in [-0.39, 0.29) is 0 Å². The minimum atomic E-state index is 0.308. The molecule has 2 heterocycles. The third-order valence-electron chi connectivity index (χ3n) is 3.65. The maximum absolute atomic E-state index is 5.43. The summed E-state index contributed by atoms with van der Waals surface area (Å²) in [5.41, 5.74) is 2.24. The van der Waals surface area contributed by atoms with E-state index in [1.54, 1.807) is 11.3 Å². The van der Waals surface area contributed by atoms with Crippen LogP contribution in [0.5, 0.6) is 0 Å². The number of hydrogen-bond donors (Lipinski definition) is 1. The van der Waals surface area contributed by atoms with Gasteiger partial charge in [-0.2, -0.15) is 0 Å². The van der Waals surface area contributed by atoms with Gasteiger partial charge in [-0.25, -0.2) is 0 Å². The number of rotatable bonds is 6. The Morgan fingerprint density at radius 2 is 1.95 bits per heavy atom. The SMILES string of the molecule is CC(C)C(NCc1cc(-c2cccs2)on1)c1ccccc1. The van der Waals surface area contributed by atoms with Crippen LogP contribution in [0, 0.1) is 5.92 Å². The second-order valence-corrected chi connectivity index (χ2v) is 6.62. The summed E-state index contributed by atoms with van der Waals surface area (Å²) in [5, 5.41) is 9.80. The minimum absolute atomic E-state index is 0.308. The first kappa shape index (κ1) is 15.0. The molecule has 3 rings (SSSR count). The van der Waals surface area contributed by atoms with Gasteiger partial charge in [-0.3, -0.25) is 0 Å². The molecule has 1 atom stereocenters. The maximum atomic E-state index is 5.43. The molecule has 2 aromatic heterocycles. The minimum Gasteiger partial charge on any atom is -0.355 e. The average Bonchev–Trinajstić information content (AvgIpc) is 3.19. The molecule has 1 N–H and O–H groups in total. The van der Waals surface area contributed by atoms with E-state index in [2.05, 4.69) is 48.6 Å². The predicted octanol–water partition coefficient (Wildman–Crippen LogP) is 4.89. The van der Waals surface area contributed by atoms with Gasteiger partial charge in [0.15, 0.2) is 5.76 Å². The fourth-order valence-corrected chi connectivity index (χ4v) is 3.22. The normalized spacial score (nSPS) is 12.7. The number of aromatic nitrogens is 1. The van der Waals surface area contributed by atoms with Crippen molar-refractivity contribution in [2.75, 3.05) is 0 Å². The van der Waals surface area contributed by atoms with Crippen LogP contribution >= 0.6 is 11.3 Å². The van der Waals surface area contributed by atoms with E-state index in [1.807, 2.05) is 29.6 Å². The standard InChI is InChI=1S/C18H20N2OS/c1-13(2)18(14-7-4-3-5-8-14)19-12-15-11-16(21-20-15)17-9-6-10-22-17/h3-11,13,18-19H,12H2,1-2H3. The Labute approximate surface area is 135 Å². The van der Waals surface area contributed by atoms with Crippen LogP contribution in [0.2, 0.25) is 0 Å². The van der Waals surface area contributed by atoms with Crippen LogP contribution < -0.4 is 5.32 Å². The monoisotopic (exact) mass is 312 g/mol. The number of hydrogen-bond acceptors (Lipinski definition) is 4. The second kappa shape index (κ2) is 6.90. The topological polar surface area (TPSA) is 38.1 Å². The van der Waals surface area contributed by atoms with Gasteiger partial charge in [-0.15, -0.1) is 11.3 Å². The summed E-state index contributed by atoms with van der Waals surface area (Å²) in [6.45, 7) is 5.15. The largest absolute Gasteiger partial charge is 0.355 e. The van der Waals surface area contributed by atoms with Gasteiger partial charge in [0.25, 0.3) is 0 Å². The molecule has 3 aromatic rings. The molecule has 3 nitrogen and oxygen atoms in total. The van der Waals surface area contributed by atoms with Gasteiger partial charge in [-0.1, -0.05) is 55.4 Å². The van der Waals surface area contributed by atoms with E-state index in [4.69, 9.17) is 4.52 Å². The summed E-state index contributed by atoms with van der Waals surface area (Å²) in [6.07, 6.45) is 0. The fraction of sp³-hybridized carbons (Fsp3) is 0.278. The molecule has 0 radical (unpaired) electrons. The molecule has 1 unspecified atom stereocenters. The zero-order chi connectivity index (χ0) is 15.4. The Balaban J connectivity index is 1.68. The van der Waals surface area contributed by atoms with Gasteiger partial charge in [0.1, 0.15) is 0 Å². The van der Waals surface area contributed by atoms with E-state index < -0.39 is 0 Å². The first-order valence-electron chi connectivity index (χ1n) is 7.52. The van der Waals surface area contributed by atoms with E-state index in [0.717, 1.165) is 16.3 Å². The Bertz CT molecular complexity index is 689. The molecule has 0 saturated carbocycles. The van der Waals surface area contributed by atoms with E-state index >= 15 is 0 Å². The van der Waals surface area contributed by atoms with E-state index in [0.29, 0.717) is 18.5 Å². The highest BCUT2D eigenvalue weighted by atomic mass is 32.1. The van der Waals surface area contributed by atoms with Gasteiger partial charge >= 0.3 is 0 Å². The van der Waals surface area contributed by atoms with Crippen molar-refractivity contribution in [1.29, 1.82) is 0 Å². The summed E-state index contributed by atoms with van der Waals surface area (Å²) < 4.78 is 5.43.